The summed E-state index contributed by atoms with van der Waals surface area (Å²) >= 11 is 0. The van der Waals surface area contributed by atoms with E-state index in [9.17, 15) is 0 Å². The molecule has 55 heavy (non-hydrogen) atoms. The van der Waals surface area contributed by atoms with Gasteiger partial charge >= 0.3 is 0 Å². The summed E-state index contributed by atoms with van der Waals surface area (Å²) in [7, 11) is 0. The Bertz CT molecular complexity index is 2520. The van der Waals surface area contributed by atoms with E-state index in [0.717, 1.165) is 50.9 Å². The molecular formula is C49H53N5O. The largest absolute Gasteiger partial charge is 0.457 e. The summed E-state index contributed by atoms with van der Waals surface area (Å²) in [4.78, 5) is 14.6. The second-order valence-corrected chi connectivity index (χ2v) is 17.7. The van der Waals surface area contributed by atoms with Crippen LogP contribution in [0.25, 0.3) is 27.6 Å². The van der Waals surface area contributed by atoms with Crippen molar-refractivity contribution in [2.75, 3.05) is 16.5 Å². The van der Waals surface area contributed by atoms with Crippen LogP contribution in [0.2, 0.25) is 0 Å². The molecule has 1 aliphatic rings. The van der Waals surface area contributed by atoms with Crippen LogP contribution in [-0.2, 0) is 10.8 Å². The van der Waals surface area contributed by atoms with E-state index in [-0.39, 0.29) is 10.8 Å². The first-order valence-corrected chi connectivity index (χ1v) is 19.7. The topological polar surface area (TPSA) is 46.4 Å². The first-order valence-electron chi connectivity index (χ1n) is 19.7. The van der Waals surface area contributed by atoms with Crippen LogP contribution < -0.4 is 14.5 Å². The van der Waals surface area contributed by atoms with Crippen molar-refractivity contribution in [2.45, 2.75) is 91.9 Å². The number of ether oxygens (including phenoxy) is 1. The lowest BCUT2D eigenvalue weighted by Gasteiger charge is -2.32. The highest BCUT2D eigenvalue weighted by Crippen LogP contribution is 2.49. The van der Waals surface area contributed by atoms with Gasteiger partial charge in [-0.1, -0.05) is 106 Å². The fourth-order valence-corrected chi connectivity index (χ4v) is 7.91. The maximum atomic E-state index is 6.70. The highest BCUT2D eigenvalue weighted by molar-refractivity contribution is 6.09. The summed E-state index contributed by atoms with van der Waals surface area (Å²) in [6.45, 7) is 23.5. The fraction of sp³-hybridized carbons (Fsp3) is 0.306. The van der Waals surface area contributed by atoms with Crippen LogP contribution in [0.3, 0.4) is 0 Å². The molecule has 6 nitrogen and oxygen atoms in total. The zero-order chi connectivity index (χ0) is 38.8. The molecule has 4 heterocycles. The van der Waals surface area contributed by atoms with Crippen LogP contribution >= 0.6 is 0 Å². The van der Waals surface area contributed by atoms with Gasteiger partial charge in [-0.2, -0.15) is 0 Å². The van der Waals surface area contributed by atoms with Gasteiger partial charge in [-0.3, -0.25) is 4.57 Å². The highest BCUT2D eigenvalue weighted by atomic mass is 16.5. The number of pyridine rings is 2. The summed E-state index contributed by atoms with van der Waals surface area (Å²) in [6.07, 6.45) is 3.81. The van der Waals surface area contributed by atoms with Crippen molar-refractivity contribution in [1.82, 2.24) is 14.5 Å². The molecule has 0 radical (unpaired) electrons. The number of nitrogens with zero attached hydrogens (tertiary/aromatic N) is 5. The zero-order valence-corrected chi connectivity index (χ0v) is 34.0. The summed E-state index contributed by atoms with van der Waals surface area (Å²) in [5.74, 6) is 4.09. The van der Waals surface area contributed by atoms with Gasteiger partial charge in [-0.25, -0.2) is 9.97 Å². The number of hydrogen-bond acceptors (Lipinski definition) is 5. The smallest absolute Gasteiger partial charge is 0.158 e. The number of anilines is 4. The lowest BCUT2D eigenvalue weighted by Crippen LogP contribution is -2.27. The summed E-state index contributed by atoms with van der Waals surface area (Å²) in [5.41, 5.74) is 11.0. The number of rotatable bonds is 7. The second kappa shape index (κ2) is 13.6. The molecule has 6 heteroatoms. The number of para-hydroxylation sites is 1. The van der Waals surface area contributed by atoms with Gasteiger partial charge in [0, 0.05) is 46.7 Å². The van der Waals surface area contributed by atoms with Gasteiger partial charge in [0.15, 0.2) is 5.82 Å². The SMILES string of the molecule is CC(C)c1cc(C(C)(C)C)cc(C(C)C)c1N1CN(c2cccc(Oc3ccc4c5ccccc5n(-c5cc(C(C)(C)C)ccn5)c4c3)c2)c2ncccc21. The maximum absolute atomic E-state index is 6.70. The lowest BCUT2D eigenvalue weighted by molar-refractivity contribution is 0.483. The third kappa shape index (κ3) is 6.62. The van der Waals surface area contributed by atoms with Crippen molar-refractivity contribution in [3.05, 3.63) is 138 Å². The van der Waals surface area contributed by atoms with Crippen molar-refractivity contribution in [2.24, 2.45) is 0 Å². The molecule has 0 spiro atoms. The molecule has 0 bridgehead atoms. The van der Waals surface area contributed by atoms with Gasteiger partial charge in [0.1, 0.15) is 24.0 Å². The molecule has 280 valence electrons. The first kappa shape index (κ1) is 36.4. The van der Waals surface area contributed by atoms with E-state index in [1.165, 1.54) is 33.3 Å². The Kier molecular flexibility index (Phi) is 8.99. The Labute approximate surface area is 326 Å². The zero-order valence-electron chi connectivity index (χ0n) is 34.0. The minimum absolute atomic E-state index is 0.00244. The van der Waals surface area contributed by atoms with Crippen LogP contribution in [0.5, 0.6) is 11.5 Å². The van der Waals surface area contributed by atoms with E-state index >= 15 is 0 Å². The van der Waals surface area contributed by atoms with Crippen molar-refractivity contribution in [1.29, 1.82) is 0 Å². The van der Waals surface area contributed by atoms with Gasteiger partial charge in [0.05, 0.1) is 16.7 Å². The highest BCUT2D eigenvalue weighted by Gasteiger charge is 2.34. The number of fused-ring (bicyclic) bond motifs is 4. The molecule has 0 saturated heterocycles. The van der Waals surface area contributed by atoms with Crippen molar-refractivity contribution in [3.8, 4) is 17.3 Å². The van der Waals surface area contributed by atoms with Gasteiger partial charge < -0.3 is 14.5 Å². The van der Waals surface area contributed by atoms with Crippen LogP contribution in [0, 0.1) is 0 Å². The van der Waals surface area contributed by atoms with Gasteiger partial charge in [0.25, 0.3) is 0 Å². The van der Waals surface area contributed by atoms with Crippen LogP contribution in [0.4, 0.5) is 22.9 Å². The molecule has 0 atom stereocenters. The minimum Gasteiger partial charge on any atom is -0.457 e. The first-order chi connectivity index (χ1) is 26.2. The maximum Gasteiger partial charge on any atom is 0.158 e. The van der Waals surface area contributed by atoms with Crippen LogP contribution in [-0.4, -0.2) is 21.2 Å². The van der Waals surface area contributed by atoms with Gasteiger partial charge in [-0.15, -0.1) is 0 Å². The molecular weight excluding hydrogens is 675 g/mol. The minimum atomic E-state index is 0.00244. The molecule has 3 aromatic heterocycles. The Morgan fingerprint density at radius 2 is 1.27 bits per heavy atom. The summed E-state index contributed by atoms with van der Waals surface area (Å²) in [5, 5.41) is 2.35. The average molecular weight is 728 g/mol. The number of benzene rings is 4. The normalized spacial score (nSPS) is 13.5. The van der Waals surface area contributed by atoms with Crippen LogP contribution in [0.1, 0.15) is 103 Å². The van der Waals surface area contributed by atoms with Crippen molar-refractivity contribution in [3.63, 3.8) is 0 Å². The van der Waals surface area contributed by atoms with E-state index in [0.29, 0.717) is 18.5 Å². The number of aromatic nitrogens is 3. The molecule has 4 aromatic carbocycles. The van der Waals surface area contributed by atoms with Crippen molar-refractivity contribution < 1.29 is 4.74 Å². The second-order valence-electron chi connectivity index (χ2n) is 17.7. The number of hydrogen-bond donors (Lipinski definition) is 0. The lowest BCUT2D eigenvalue weighted by atomic mass is 9.80. The van der Waals surface area contributed by atoms with Crippen molar-refractivity contribution >= 4 is 44.7 Å². The van der Waals surface area contributed by atoms with E-state index in [4.69, 9.17) is 14.7 Å². The Hall–Kier alpha value is -5.62. The van der Waals surface area contributed by atoms with E-state index < -0.39 is 0 Å². The van der Waals surface area contributed by atoms with E-state index in [1.54, 1.807) is 0 Å². The predicted octanol–water partition coefficient (Wildman–Crippen LogP) is 13.5. The Morgan fingerprint density at radius 1 is 0.582 bits per heavy atom. The third-order valence-corrected chi connectivity index (χ3v) is 11.0. The Morgan fingerprint density at radius 3 is 1.98 bits per heavy atom. The molecule has 0 amide bonds. The molecule has 0 unspecified atom stereocenters. The van der Waals surface area contributed by atoms with E-state index in [2.05, 4.69) is 175 Å². The van der Waals surface area contributed by atoms with Gasteiger partial charge in [0.2, 0.25) is 0 Å². The molecule has 7 aromatic rings. The van der Waals surface area contributed by atoms with Gasteiger partial charge in [-0.05, 0) is 99.5 Å². The molecule has 0 saturated carbocycles. The molecule has 8 rings (SSSR count). The van der Waals surface area contributed by atoms with Crippen LogP contribution in [0.15, 0.2) is 116 Å². The average Bonchev–Trinajstić information content (AvgIpc) is 3.69. The summed E-state index contributed by atoms with van der Waals surface area (Å²) in [6, 6.07) is 36.8. The summed E-state index contributed by atoms with van der Waals surface area (Å²) < 4.78 is 8.96. The Balaban J connectivity index is 1.17. The molecule has 0 fully saturated rings. The quantitative estimate of drug-likeness (QED) is 0.164. The molecule has 0 N–H and O–H groups in total. The van der Waals surface area contributed by atoms with E-state index in [1.807, 2.05) is 24.5 Å². The standard InChI is InChI=1S/C49H53N5O/c1-31(2)40-25-34(49(8,9)10)26-41(32(3)4)46(40)53-30-52(47-43(53)19-14-23-51-47)35-15-13-16-36(28-35)55-37-20-21-39-38-17-11-12-18-42(38)54(44(39)29-37)45-27-33(22-24-50-45)48(5,6)7/h11-29,31-32H,30H2,1-10H3. The molecule has 1 aliphatic heterocycles. The predicted molar refractivity (Wildman–Crippen MR) is 230 cm³/mol. The monoisotopic (exact) mass is 727 g/mol. The fourth-order valence-electron chi connectivity index (χ4n) is 7.91. The third-order valence-electron chi connectivity index (χ3n) is 11.0. The molecule has 0 aliphatic carbocycles.